The van der Waals surface area contributed by atoms with Crippen LogP contribution in [0, 0.1) is 5.92 Å². The molecule has 2 aromatic carbocycles. The van der Waals surface area contributed by atoms with E-state index in [0.717, 1.165) is 54.8 Å². The summed E-state index contributed by atoms with van der Waals surface area (Å²) in [7, 11) is 1.72. The van der Waals surface area contributed by atoms with Crippen molar-refractivity contribution in [1.29, 1.82) is 0 Å². The summed E-state index contributed by atoms with van der Waals surface area (Å²) in [5.41, 5.74) is 2.44. The Morgan fingerprint density at radius 1 is 1.02 bits per heavy atom. The zero-order chi connectivity index (χ0) is 30.2. The van der Waals surface area contributed by atoms with Gasteiger partial charge in [0.05, 0.1) is 18.8 Å². The Labute approximate surface area is 256 Å². The maximum absolute atomic E-state index is 14.3. The monoisotopic (exact) mass is 604 g/mol. The highest BCUT2D eigenvalue weighted by Gasteiger charge is 2.45. The molecule has 2 heterocycles. The van der Waals surface area contributed by atoms with Crippen LogP contribution >= 0.6 is 11.5 Å². The number of aromatic nitrogens is 2. The molecule has 0 radical (unpaired) electrons. The molecular formula is C32H40N6O4S. The minimum absolute atomic E-state index is 0.0117. The number of likely N-dealkylation sites (N-methyl/N-ethyl adjacent to an activating group) is 1. The quantitative estimate of drug-likeness (QED) is 0.302. The van der Waals surface area contributed by atoms with Gasteiger partial charge in [0.25, 0.3) is 0 Å². The summed E-state index contributed by atoms with van der Waals surface area (Å²) in [4.78, 5) is 42.9. The minimum atomic E-state index is -0.774. The summed E-state index contributed by atoms with van der Waals surface area (Å²) in [5, 5.41) is 13.8. The molecule has 0 unspecified atom stereocenters. The Balaban J connectivity index is 1.38. The summed E-state index contributed by atoms with van der Waals surface area (Å²) >= 11 is 1.10. The predicted octanol–water partition coefficient (Wildman–Crippen LogP) is 4.00. The van der Waals surface area contributed by atoms with Crippen LogP contribution in [0.4, 0.5) is 5.00 Å². The van der Waals surface area contributed by atoms with Gasteiger partial charge < -0.3 is 25.6 Å². The molecule has 0 spiro atoms. The fraction of sp³-hybridized carbons (Fsp3) is 0.469. The van der Waals surface area contributed by atoms with Crippen molar-refractivity contribution in [3.8, 4) is 11.3 Å². The molecule has 1 saturated carbocycles. The van der Waals surface area contributed by atoms with Gasteiger partial charge in [0.2, 0.25) is 17.7 Å². The molecule has 4 atom stereocenters. The van der Waals surface area contributed by atoms with Crippen molar-refractivity contribution in [2.75, 3.05) is 18.9 Å². The average molecular weight is 605 g/mol. The molecule has 3 N–H and O–H groups in total. The van der Waals surface area contributed by atoms with E-state index in [2.05, 4.69) is 25.5 Å². The molecule has 2 fully saturated rings. The molecule has 1 saturated heterocycles. The van der Waals surface area contributed by atoms with E-state index < -0.39 is 18.1 Å². The molecule has 1 aliphatic carbocycles. The summed E-state index contributed by atoms with van der Waals surface area (Å²) in [6.07, 6.45) is 4.86. The standard InChI is InChI=1S/C32H40N6O4S/c1-21(33-2)29(39)34-28(24-16-10-5-11-17-24)32(41)38-19-25(42-20-22-12-6-3-7-13-22)18-26(38)30(40)35-31-27(36-37-43-31)23-14-8-4-9-15-23/h3-4,6-9,12-15,21,24-26,28,33H,5,10-11,16-20H2,1-2H3,(H,34,39)(H,35,40)/t21-,25+,26-,28-/m0/s1. The number of amides is 3. The smallest absolute Gasteiger partial charge is 0.247 e. The fourth-order valence-electron chi connectivity index (χ4n) is 5.89. The second-order valence-electron chi connectivity index (χ2n) is 11.4. The van der Waals surface area contributed by atoms with Gasteiger partial charge in [-0.05, 0) is 38.3 Å². The zero-order valence-electron chi connectivity index (χ0n) is 24.7. The van der Waals surface area contributed by atoms with E-state index in [1.165, 1.54) is 0 Å². The average Bonchev–Trinajstić information content (AvgIpc) is 3.70. The molecule has 3 aromatic rings. The van der Waals surface area contributed by atoms with Crippen molar-refractivity contribution in [2.45, 2.75) is 76.3 Å². The van der Waals surface area contributed by atoms with Crippen LogP contribution in [0.3, 0.4) is 0 Å². The van der Waals surface area contributed by atoms with Gasteiger partial charge >= 0.3 is 0 Å². The molecule has 2 aliphatic rings. The van der Waals surface area contributed by atoms with Crippen LogP contribution in [0.2, 0.25) is 0 Å². The number of ether oxygens (including phenoxy) is 1. The molecule has 1 aliphatic heterocycles. The predicted molar refractivity (Wildman–Crippen MR) is 166 cm³/mol. The maximum atomic E-state index is 14.3. The number of nitrogens with one attached hydrogen (secondary N) is 3. The molecule has 0 bridgehead atoms. The topological polar surface area (TPSA) is 126 Å². The normalized spacial score (nSPS) is 20.4. The highest BCUT2D eigenvalue weighted by Crippen LogP contribution is 2.32. The lowest BCUT2D eigenvalue weighted by Crippen LogP contribution is -2.57. The lowest BCUT2D eigenvalue weighted by Gasteiger charge is -2.35. The van der Waals surface area contributed by atoms with Crippen molar-refractivity contribution in [3.05, 3.63) is 66.2 Å². The second-order valence-corrected chi connectivity index (χ2v) is 12.1. The van der Waals surface area contributed by atoms with E-state index in [1.807, 2.05) is 60.7 Å². The third kappa shape index (κ3) is 7.65. The third-order valence-corrected chi connectivity index (χ3v) is 9.10. The largest absolute Gasteiger partial charge is 0.372 e. The second kappa shape index (κ2) is 14.7. The minimum Gasteiger partial charge on any atom is -0.372 e. The van der Waals surface area contributed by atoms with Crippen LogP contribution in [0.25, 0.3) is 11.3 Å². The molecule has 10 nitrogen and oxygen atoms in total. The van der Waals surface area contributed by atoms with Gasteiger partial charge in [-0.25, -0.2) is 0 Å². The van der Waals surface area contributed by atoms with E-state index >= 15 is 0 Å². The van der Waals surface area contributed by atoms with E-state index in [-0.39, 0.29) is 36.3 Å². The number of carbonyl (C=O) groups excluding carboxylic acids is 3. The van der Waals surface area contributed by atoms with Crippen molar-refractivity contribution in [1.82, 2.24) is 25.1 Å². The van der Waals surface area contributed by atoms with Gasteiger partial charge in [-0.15, -0.1) is 5.10 Å². The molecule has 43 heavy (non-hydrogen) atoms. The fourth-order valence-corrected chi connectivity index (χ4v) is 6.48. The number of likely N-dealkylation sites (tertiary alicyclic amines) is 1. The van der Waals surface area contributed by atoms with Crippen LogP contribution in [-0.4, -0.2) is 70.0 Å². The number of nitrogens with zero attached hydrogens (tertiary/aromatic N) is 3. The van der Waals surface area contributed by atoms with E-state index in [1.54, 1.807) is 18.9 Å². The summed E-state index contributed by atoms with van der Waals surface area (Å²) in [5.74, 6) is -0.774. The highest BCUT2D eigenvalue weighted by atomic mass is 32.1. The van der Waals surface area contributed by atoms with E-state index in [4.69, 9.17) is 4.74 Å². The van der Waals surface area contributed by atoms with Crippen LogP contribution in [-0.2, 0) is 25.7 Å². The third-order valence-electron chi connectivity index (χ3n) is 8.46. The molecule has 228 valence electrons. The number of carbonyl (C=O) groups is 3. The summed E-state index contributed by atoms with van der Waals surface area (Å²) in [6.45, 7) is 2.41. The number of anilines is 1. The van der Waals surface area contributed by atoms with Crippen molar-refractivity contribution in [3.63, 3.8) is 0 Å². The molecule has 11 heteroatoms. The van der Waals surface area contributed by atoms with Gasteiger partial charge in [-0.2, -0.15) is 0 Å². The van der Waals surface area contributed by atoms with Gasteiger partial charge in [0, 0.05) is 30.1 Å². The number of hydrogen-bond acceptors (Lipinski definition) is 8. The van der Waals surface area contributed by atoms with Crippen LogP contribution in [0.15, 0.2) is 60.7 Å². The Morgan fingerprint density at radius 2 is 1.72 bits per heavy atom. The van der Waals surface area contributed by atoms with E-state index in [9.17, 15) is 14.4 Å². The van der Waals surface area contributed by atoms with Crippen molar-refractivity contribution >= 4 is 34.3 Å². The summed E-state index contributed by atoms with van der Waals surface area (Å²) in [6, 6.07) is 17.4. The van der Waals surface area contributed by atoms with Gasteiger partial charge in [0.1, 0.15) is 22.8 Å². The zero-order valence-corrected chi connectivity index (χ0v) is 25.5. The van der Waals surface area contributed by atoms with Crippen LogP contribution in [0.5, 0.6) is 0 Å². The van der Waals surface area contributed by atoms with Crippen LogP contribution in [0.1, 0.15) is 51.0 Å². The van der Waals surface area contributed by atoms with Crippen LogP contribution < -0.4 is 16.0 Å². The first-order valence-corrected chi connectivity index (χ1v) is 15.8. The molecule has 5 rings (SSSR count). The van der Waals surface area contributed by atoms with Crippen molar-refractivity contribution in [2.24, 2.45) is 5.92 Å². The molecule has 3 amide bonds. The van der Waals surface area contributed by atoms with Gasteiger partial charge in [-0.1, -0.05) is 84.4 Å². The first-order valence-electron chi connectivity index (χ1n) is 15.1. The first-order chi connectivity index (χ1) is 20.9. The number of benzene rings is 2. The maximum Gasteiger partial charge on any atom is 0.247 e. The van der Waals surface area contributed by atoms with Gasteiger partial charge in [-0.3, -0.25) is 14.4 Å². The van der Waals surface area contributed by atoms with Gasteiger partial charge in [0.15, 0.2) is 0 Å². The lowest BCUT2D eigenvalue weighted by atomic mass is 9.83. The first kappa shape index (κ1) is 30.8. The molecule has 1 aromatic heterocycles. The Hall–Kier alpha value is -3.67. The van der Waals surface area contributed by atoms with E-state index in [0.29, 0.717) is 23.7 Å². The SMILES string of the molecule is CN[C@@H](C)C(=O)N[C@H](C(=O)N1C[C@H](OCc2ccccc2)C[C@H]1C(=O)Nc1snnc1-c1ccccc1)C1CCCCC1. The van der Waals surface area contributed by atoms with Crippen molar-refractivity contribution < 1.29 is 19.1 Å². The Morgan fingerprint density at radius 3 is 2.42 bits per heavy atom. The number of rotatable bonds is 11. The highest BCUT2D eigenvalue weighted by molar-refractivity contribution is 7.10. The number of hydrogen-bond donors (Lipinski definition) is 3. The lowest BCUT2D eigenvalue weighted by molar-refractivity contribution is -0.142. The summed E-state index contributed by atoms with van der Waals surface area (Å²) < 4.78 is 10.3. The Kier molecular flexibility index (Phi) is 10.5. The molecular weight excluding hydrogens is 564 g/mol. The Bertz CT molecular complexity index is 1360.